The second-order valence-corrected chi connectivity index (χ2v) is 9.74. The van der Waals surface area contributed by atoms with Crippen LogP contribution in [-0.2, 0) is 23.0 Å². The van der Waals surface area contributed by atoms with Gasteiger partial charge in [0.15, 0.2) is 0 Å². The monoisotopic (exact) mass is 440 g/mol. The van der Waals surface area contributed by atoms with Gasteiger partial charge in [-0.2, -0.15) is 5.10 Å². The van der Waals surface area contributed by atoms with Crippen molar-refractivity contribution in [2.75, 3.05) is 19.4 Å². The smallest absolute Gasteiger partial charge is 0.255 e. The highest BCUT2D eigenvalue weighted by Crippen LogP contribution is 2.23. The van der Waals surface area contributed by atoms with Gasteiger partial charge < -0.3 is 5.32 Å². The minimum absolute atomic E-state index is 0.176. The number of carbonyl (C=O) groups excluding carboxylic acids is 1. The van der Waals surface area contributed by atoms with Gasteiger partial charge in [0, 0.05) is 25.3 Å². The van der Waals surface area contributed by atoms with Gasteiger partial charge in [-0.25, -0.2) is 12.7 Å². The lowest BCUT2D eigenvalue weighted by atomic mass is 10.1. The zero-order valence-corrected chi connectivity index (χ0v) is 19.3. The molecule has 1 aromatic heterocycles. The van der Waals surface area contributed by atoms with Crippen molar-refractivity contribution in [1.82, 2.24) is 14.1 Å². The summed E-state index contributed by atoms with van der Waals surface area (Å²) in [6.07, 6.45) is 0.905. The average Bonchev–Trinajstić information content (AvgIpc) is 3.01. The second-order valence-electron chi connectivity index (χ2n) is 7.65. The molecule has 0 atom stereocenters. The molecule has 0 radical (unpaired) electrons. The van der Waals surface area contributed by atoms with Gasteiger partial charge in [-0.3, -0.25) is 9.48 Å². The van der Waals surface area contributed by atoms with Crippen LogP contribution in [0.4, 0.5) is 5.69 Å². The number of carbonyl (C=O) groups is 1. The summed E-state index contributed by atoms with van der Waals surface area (Å²) in [5.41, 5.74) is 4.46. The molecule has 1 heterocycles. The predicted octanol–water partition coefficient (Wildman–Crippen LogP) is 3.61. The number of aryl methyl sites for hydroxylation is 2. The molecule has 0 fully saturated rings. The van der Waals surface area contributed by atoms with Crippen LogP contribution in [0.5, 0.6) is 0 Å². The number of sulfonamides is 1. The normalized spacial score (nSPS) is 11.7. The van der Waals surface area contributed by atoms with Crippen molar-refractivity contribution < 1.29 is 13.2 Å². The molecule has 8 heteroatoms. The first-order valence-electron chi connectivity index (χ1n) is 10.1. The molecule has 0 aliphatic heterocycles. The number of nitrogens with zero attached hydrogens (tertiary/aromatic N) is 3. The predicted molar refractivity (Wildman–Crippen MR) is 122 cm³/mol. The van der Waals surface area contributed by atoms with Crippen LogP contribution in [0.2, 0.25) is 0 Å². The van der Waals surface area contributed by atoms with Crippen molar-refractivity contribution in [3.63, 3.8) is 0 Å². The Balaban J connectivity index is 1.76. The van der Waals surface area contributed by atoms with E-state index in [0.29, 0.717) is 23.5 Å². The maximum atomic E-state index is 12.6. The van der Waals surface area contributed by atoms with E-state index >= 15 is 0 Å². The molecule has 0 spiro atoms. The number of benzene rings is 2. The fraction of sp³-hybridized carbons (Fsp3) is 0.304. The Kier molecular flexibility index (Phi) is 6.62. The van der Waals surface area contributed by atoms with Crippen molar-refractivity contribution >= 4 is 21.6 Å². The molecule has 31 heavy (non-hydrogen) atoms. The number of aromatic nitrogens is 2. The van der Waals surface area contributed by atoms with E-state index in [-0.39, 0.29) is 10.8 Å². The summed E-state index contributed by atoms with van der Waals surface area (Å²) < 4.78 is 28.0. The van der Waals surface area contributed by atoms with Crippen molar-refractivity contribution in [3.05, 3.63) is 76.6 Å². The highest BCUT2D eigenvalue weighted by atomic mass is 32.2. The Morgan fingerprint density at radius 2 is 1.74 bits per heavy atom. The highest BCUT2D eigenvalue weighted by molar-refractivity contribution is 7.89. The Labute approximate surface area is 183 Å². The first-order valence-corrected chi connectivity index (χ1v) is 11.5. The van der Waals surface area contributed by atoms with E-state index in [2.05, 4.69) is 17.3 Å². The van der Waals surface area contributed by atoms with Gasteiger partial charge in [0.25, 0.3) is 5.91 Å². The molecule has 1 N–H and O–H groups in total. The van der Waals surface area contributed by atoms with Crippen LogP contribution in [0.25, 0.3) is 0 Å². The van der Waals surface area contributed by atoms with Crippen molar-refractivity contribution in [2.45, 2.75) is 38.6 Å². The minimum Gasteiger partial charge on any atom is -0.322 e. The van der Waals surface area contributed by atoms with Gasteiger partial charge in [0.1, 0.15) is 4.90 Å². The number of hydrogen-bond donors (Lipinski definition) is 1. The summed E-state index contributed by atoms with van der Waals surface area (Å²) in [4.78, 5) is 12.8. The number of hydrogen-bond acceptors (Lipinski definition) is 4. The molecule has 0 saturated heterocycles. The van der Waals surface area contributed by atoms with E-state index < -0.39 is 10.0 Å². The van der Waals surface area contributed by atoms with E-state index in [4.69, 9.17) is 0 Å². The van der Waals surface area contributed by atoms with Gasteiger partial charge in [-0.05, 0) is 55.7 Å². The Morgan fingerprint density at radius 1 is 1.06 bits per heavy atom. The maximum Gasteiger partial charge on any atom is 0.255 e. The number of anilines is 1. The lowest BCUT2D eigenvalue weighted by molar-refractivity contribution is 0.102. The molecule has 0 aliphatic rings. The number of rotatable bonds is 7. The molecule has 0 unspecified atom stereocenters. The van der Waals surface area contributed by atoms with Gasteiger partial charge in [0.05, 0.1) is 17.9 Å². The van der Waals surface area contributed by atoms with Crippen molar-refractivity contribution in [2.24, 2.45) is 0 Å². The molecule has 164 valence electrons. The SMILES string of the molecule is CCc1cccc(NC(=O)c2ccc(Cn3nc(C)c(S(=O)(=O)N(C)C)c3C)cc2)c1. The van der Waals surface area contributed by atoms with Crippen LogP contribution in [0.1, 0.15) is 39.8 Å². The summed E-state index contributed by atoms with van der Waals surface area (Å²) in [7, 11) is -0.550. The number of amides is 1. The fourth-order valence-corrected chi connectivity index (χ4v) is 4.66. The quantitative estimate of drug-likeness (QED) is 0.608. The van der Waals surface area contributed by atoms with Crippen LogP contribution in [0, 0.1) is 13.8 Å². The average molecular weight is 441 g/mol. The van der Waals surface area contributed by atoms with E-state index in [1.165, 1.54) is 18.4 Å². The molecular weight excluding hydrogens is 412 g/mol. The Hall–Kier alpha value is -2.97. The molecule has 0 saturated carbocycles. The third-order valence-corrected chi connectivity index (χ3v) is 7.26. The number of nitrogens with one attached hydrogen (secondary N) is 1. The minimum atomic E-state index is -3.57. The largest absolute Gasteiger partial charge is 0.322 e. The summed E-state index contributed by atoms with van der Waals surface area (Å²) in [6, 6.07) is 15.0. The third-order valence-electron chi connectivity index (χ3n) is 5.20. The molecule has 1 amide bonds. The lowest BCUT2D eigenvalue weighted by Crippen LogP contribution is -2.23. The summed E-state index contributed by atoms with van der Waals surface area (Å²) >= 11 is 0. The van der Waals surface area contributed by atoms with Gasteiger partial charge >= 0.3 is 0 Å². The van der Waals surface area contributed by atoms with Gasteiger partial charge in [-0.15, -0.1) is 0 Å². The molecule has 2 aromatic carbocycles. The van der Waals surface area contributed by atoms with Crippen LogP contribution >= 0.6 is 0 Å². The van der Waals surface area contributed by atoms with Gasteiger partial charge in [0.2, 0.25) is 10.0 Å². The van der Waals surface area contributed by atoms with Crippen LogP contribution in [0.15, 0.2) is 53.4 Å². The molecule has 0 aliphatic carbocycles. The van der Waals surface area contributed by atoms with Crippen LogP contribution in [-0.4, -0.2) is 42.5 Å². The van der Waals surface area contributed by atoms with Crippen LogP contribution < -0.4 is 5.32 Å². The second kappa shape index (κ2) is 9.03. The Morgan fingerprint density at radius 3 is 2.35 bits per heavy atom. The van der Waals surface area contributed by atoms with Crippen molar-refractivity contribution in [1.29, 1.82) is 0 Å². The lowest BCUT2D eigenvalue weighted by Gasteiger charge is -2.12. The molecule has 3 rings (SSSR count). The molecule has 7 nitrogen and oxygen atoms in total. The zero-order valence-electron chi connectivity index (χ0n) is 18.5. The van der Waals surface area contributed by atoms with Crippen LogP contribution in [0.3, 0.4) is 0 Å². The van der Waals surface area contributed by atoms with E-state index in [9.17, 15) is 13.2 Å². The van der Waals surface area contributed by atoms with Gasteiger partial charge in [-0.1, -0.05) is 31.2 Å². The summed E-state index contributed by atoms with van der Waals surface area (Å²) in [5, 5.41) is 7.34. The highest BCUT2D eigenvalue weighted by Gasteiger charge is 2.26. The Bertz CT molecular complexity index is 1200. The molecule has 3 aromatic rings. The summed E-state index contributed by atoms with van der Waals surface area (Å²) in [6.45, 7) is 5.93. The van der Waals surface area contributed by atoms with E-state index in [1.54, 1.807) is 30.7 Å². The molecule has 0 bridgehead atoms. The van der Waals surface area contributed by atoms with Crippen molar-refractivity contribution in [3.8, 4) is 0 Å². The maximum absolute atomic E-state index is 12.6. The zero-order chi connectivity index (χ0) is 22.8. The first-order chi connectivity index (χ1) is 14.6. The van der Waals surface area contributed by atoms with E-state index in [0.717, 1.165) is 23.2 Å². The summed E-state index contributed by atoms with van der Waals surface area (Å²) in [5.74, 6) is -0.176. The topological polar surface area (TPSA) is 84.3 Å². The van der Waals surface area contributed by atoms with E-state index in [1.807, 2.05) is 36.4 Å². The fourth-order valence-electron chi connectivity index (χ4n) is 3.40. The first kappa shape index (κ1) is 22.7. The standard InChI is InChI=1S/C23H28N4O3S/c1-6-18-8-7-9-21(14-18)24-23(28)20-12-10-19(11-13-20)15-27-17(3)22(16(2)25-27)31(29,30)26(4)5/h7-14H,6,15H2,1-5H3,(H,24,28). The molecular formula is C23H28N4O3S. The third kappa shape index (κ3) is 4.86.